The van der Waals surface area contributed by atoms with Gasteiger partial charge in [0.15, 0.2) is 0 Å². The maximum Gasteiger partial charge on any atom is 0.335 e. The Balaban J connectivity index is 2.17. The summed E-state index contributed by atoms with van der Waals surface area (Å²) in [6.45, 7) is 0. The highest BCUT2D eigenvalue weighted by molar-refractivity contribution is 7.21. The smallest absolute Gasteiger partial charge is 0.335 e. The molecular formula is C14H8FNO2S. The van der Waals surface area contributed by atoms with Crippen molar-refractivity contribution in [2.75, 3.05) is 0 Å². The fourth-order valence-corrected chi connectivity index (χ4v) is 2.84. The van der Waals surface area contributed by atoms with E-state index in [1.807, 2.05) is 0 Å². The molecule has 0 fully saturated rings. The van der Waals surface area contributed by atoms with Gasteiger partial charge in [0, 0.05) is 5.56 Å². The number of benzene rings is 2. The number of rotatable bonds is 2. The number of fused-ring (bicyclic) bond motifs is 1. The van der Waals surface area contributed by atoms with Gasteiger partial charge < -0.3 is 5.11 Å². The van der Waals surface area contributed by atoms with Crippen molar-refractivity contribution < 1.29 is 14.3 Å². The molecule has 0 bridgehead atoms. The quantitative estimate of drug-likeness (QED) is 0.772. The molecule has 0 amide bonds. The molecule has 3 rings (SSSR count). The highest BCUT2D eigenvalue weighted by Gasteiger charge is 2.11. The number of hydrogen-bond acceptors (Lipinski definition) is 3. The van der Waals surface area contributed by atoms with Crippen LogP contribution in [0.4, 0.5) is 4.39 Å². The third kappa shape index (κ3) is 2.08. The largest absolute Gasteiger partial charge is 0.478 e. The molecule has 0 saturated carbocycles. The lowest BCUT2D eigenvalue weighted by Crippen LogP contribution is -1.94. The van der Waals surface area contributed by atoms with E-state index in [4.69, 9.17) is 5.11 Å². The summed E-state index contributed by atoms with van der Waals surface area (Å²) in [6.07, 6.45) is 0. The second-order valence-electron chi connectivity index (χ2n) is 3.99. The summed E-state index contributed by atoms with van der Waals surface area (Å²) in [5.74, 6) is -1.32. The average Bonchev–Trinajstić information content (AvgIpc) is 2.81. The lowest BCUT2D eigenvalue weighted by molar-refractivity contribution is 0.0697. The summed E-state index contributed by atoms with van der Waals surface area (Å²) in [4.78, 5) is 15.2. The fourth-order valence-electron chi connectivity index (χ4n) is 1.81. The van der Waals surface area contributed by atoms with E-state index in [1.165, 1.54) is 23.5 Å². The first-order valence-electron chi connectivity index (χ1n) is 5.54. The summed E-state index contributed by atoms with van der Waals surface area (Å²) in [6, 6.07) is 11.1. The number of aromatic nitrogens is 1. The molecule has 5 heteroatoms. The SMILES string of the molecule is O=C(O)c1ccc2nc(-c3ccccc3F)sc2c1. The lowest BCUT2D eigenvalue weighted by Gasteiger charge is -1.96. The van der Waals surface area contributed by atoms with Crippen LogP contribution >= 0.6 is 11.3 Å². The normalized spacial score (nSPS) is 10.8. The number of carboxylic acid groups (broad SMARTS) is 1. The number of hydrogen-bond donors (Lipinski definition) is 1. The number of halogens is 1. The zero-order valence-corrected chi connectivity index (χ0v) is 10.4. The number of aromatic carboxylic acids is 1. The van der Waals surface area contributed by atoms with Gasteiger partial charge in [-0.1, -0.05) is 12.1 Å². The van der Waals surface area contributed by atoms with E-state index in [2.05, 4.69) is 4.98 Å². The van der Waals surface area contributed by atoms with Gasteiger partial charge in [0.1, 0.15) is 10.8 Å². The molecule has 3 nitrogen and oxygen atoms in total. The first-order chi connectivity index (χ1) is 9.15. The van der Waals surface area contributed by atoms with Crippen molar-refractivity contribution in [3.05, 3.63) is 53.8 Å². The Kier molecular flexibility index (Phi) is 2.76. The van der Waals surface area contributed by atoms with Gasteiger partial charge in [-0.3, -0.25) is 0 Å². The van der Waals surface area contributed by atoms with Crippen LogP contribution in [-0.2, 0) is 0 Å². The first kappa shape index (κ1) is 11.8. The number of nitrogens with zero attached hydrogens (tertiary/aromatic N) is 1. The number of carboxylic acids is 1. The van der Waals surface area contributed by atoms with Crippen molar-refractivity contribution in [3.8, 4) is 10.6 Å². The zero-order valence-electron chi connectivity index (χ0n) is 9.63. The Morgan fingerprint density at radius 3 is 2.74 bits per heavy atom. The molecule has 0 aliphatic rings. The maximum absolute atomic E-state index is 13.7. The van der Waals surface area contributed by atoms with Gasteiger partial charge in [0.05, 0.1) is 15.8 Å². The van der Waals surface area contributed by atoms with Gasteiger partial charge >= 0.3 is 5.97 Å². The maximum atomic E-state index is 13.7. The second-order valence-corrected chi connectivity index (χ2v) is 5.02. The van der Waals surface area contributed by atoms with Crippen LogP contribution in [0.5, 0.6) is 0 Å². The minimum Gasteiger partial charge on any atom is -0.478 e. The Hall–Kier alpha value is -2.27. The molecule has 1 N–H and O–H groups in total. The van der Waals surface area contributed by atoms with Crippen LogP contribution in [0.15, 0.2) is 42.5 Å². The van der Waals surface area contributed by atoms with Crippen LogP contribution in [0.1, 0.15) is 10.4 Å². The van der Waals surface area contributed by atoms with Crippen LogP contribution in [0, 0.1) is 5.82 Å². The summed E-state index contributed by atoms with van der Waals surface area (Å²) in [5.41, 5.74) is 1.31. The topological polar surface area (TPSA) is 50.2 Å². The first-order valence-corrected chi connectivity index (χ1v) is 6.35. The van der Waals surface area contributed by atoms with E-state index in [-0.39, 0.29) is 11.4 Å². The van der Waals surface area contributed by atoms with Gasteiger partial charge in [-0.05, 0) is 30.3 Å². The van der Waals surface area contributed by atoms with Crippen LogP contribution in [-0.4, -0.2) is 16.1 Å². The van der Waals surface area contributed by atoms with E-state index in [0.29, 0.717) is 16.1 Å². The minimum atomic E-state index is -0.984. The van der Waals surface area contributed by atoms with Crippen LogP contribution in [0.25, 0.3) is 20.8 Å². The molecule has 0 spiro atoms. The molecule has 2 aromatic carbocycles. The van der Waals surface area contributed by atoms with E-state index in [9.17, 15) is 9.18 Å². The third-order valence-electron chi connectivity index (χ3n) is 2.74. The van der Waals surface area contributed by atoms with E-state index < -0.39 is 5.97 Å². The Morgan fingerprint density at radius 1 is 1.21 bits per heavy atom. The molecule has 3 aromatic rings. The summed E-state index contributed by atoms with van der Waals surface area (Å²) in [5, 5.41) is 9.49. The summed E-state index contributed by atoms with van der Waals surface area (Å²) in [7, 11) is 0. The molecule has 0 aliphatic carbocycles. The van der Waals surface area contributed by atoms with Crippen LogP contribution in [0.3, 0.4) is 0 Å². The monoisotopic (exact) mass is 273 g/mol. The molecule has 0 radical (unpaired) electrons. The van der Waals surface area contributed by atoms with Crippen LogP contribution < -0.4 is 0 Å². The van der Waals surface area contributed by atoms with Crippen molar-refractivity contribution in [3.63, 3.8) is 0 Å². The molecule has 1 heterocycles. The molecule has 0 saturated heterocycles. The van der Waals surface area contributed by atoms with E-state index in [0.717, 1.165) is 4.70 Å². The summed E-state index contributed by atoms with van der Waals surface area (Å²) < 4.78 is 14.4. The molecule has 0 aliphatic heterocycles. The Labute approximate surface area is 112 Å². The van der Waals surface area contributed by atoms with Gasteiger partial charge in [0.25, 0.3) is 0 Å². The standard InChI is InChI=1S/C14H8FNO2S/c15-10-4-2-1-3-9(10)13-16-11-6-5-8(14(17)18)7-12(11)19-13/h1-7H,(H,17,18). The predicted molar refractivity (Wildman–Crippen MR) is 72.0 cm³/mol. The number of carbonyl (C=O) groups is 1. The fraction of sp³-hybridized carbons (Fsp3) is 0. The van der Waals surface area contributed by atoms with Gasteiger partial charge in [-0.25, -0.2) is 14.2 Å². The Bertz CT molecular complexity index is 782. The zero-order chi connectivity index (χ0) is 13.4. The van der Waals surface area contributed by atoms with Crippen molar-refractivity contribution in [2.45, 2.75) is 0 Å². The van der Waals surface area contributed by atoms with Crippen molar-refractivity contribution in [1.82, 2.24) is 4.98 Å². The number of thiazole rings is 1. The molecule has 19 heavy (non-hydrogen) atoms. The third-order valence-corrected chi connectivity index (χ3v) is 3.79. The Morgan fingerprint density at radius 2 is 2.00 bits per heavy atom. The van der Waals surface area contributed by atoms with Crippen molar-refractivity contribution in [2.24, 2.45) is 0 Å². The highest BCUT2D eigenvalue weighted by atomic mass is 32.1. The highest BCUT2D eigenvalue weighted by Crippen LogP contribution is 2.32. The van der Waals surface area contributed by atoms with Gasteiger partial charge in [0.2, 0.25) is 0 Å². The van der Waals surface area contributed by atoms with Gasteiger partial charge in [-0.2, -0.15) is 0 Å². The predicted octanol–water partition coefficient (Wildman–Crippen LogP) is 3.80. The molecule has 0 unspecified atom stereocenters. The molecule has 94 valence electrons. The lowest BCUT2D eigenvalue weighted by atomic mass is 10.2. The van der Waals surface area contributed by atoms with Crippen molar-refractivity contribution in [1.29, 1.82) is 0 Å². The van der Waals surface area contributed by atoms with E-state index >= 15 is 0 Å². The second kappa shape index (κ2) is 4.44. The minimum absolute atomic E-state index is 0.205. The van der Waals surface area contributed by atoms with E-state index in [1.54, 1.807) is 30.3 Å². The van der Waals surface area contributed by atoms with Gasteiger partial charge in [-0.15, -0.1) is 11.3 Å². The summed E-state index contributed by atoms with van der Waals surface area (Å²) >= 11 is 1.28. The molecule has 0 atom stereocenters. The van der Waals surface area contributed by atoms with Crippen LogP contribution in [0.2, 0.25) is 0 Å². The molecule has 1 aromatic heterocycles. The van der Waals surface area contributed by atoms with Crippen molar-refractivity contribution >= 4 is 27.5 Å². The molecular weight excluding hydrogens is 265 g/mol. The average molecular weight is 273 g/mol.